The summed E-state index contributed by atoms with van der Waals surface area (Å²) < 4.78 is 5.18. The van der Waals surface area contributed by atoms with Crippen molar-refractivity contribution in [2.75, 3.05) is 6.54 Å². The number of carboxylic acids is 1. The lowest BCUT2D eigenvalue weighted by atomic mass is 9.92. The van der Waals surface area contributed by atoms with Crippen LogP contribution in [0.5, 0.6) is 0 Å². The normalized spacial score (nSPS) is 17.4. The van der Waals surface area contributed by atoms with Crippen LogP contribution in [0.2, 0.25) is 0 Å². The second-order valence-electron chi connectivity index (χ2n) is 5.23. The number of nitrogens with one attached hydrogen (secondary N) is 1. The standard InChI is InChI=1S/C13H19NO3/c1-9(2)13(3-4-13)8-14-6-11-5-10(7-17-11)12(15)16/h5,7,9,14H,3-4,6,8H2,1-2H3,(H,15,16). The van der Waals surface area contributed by atoms with E-state index >= 15 is 0 Å². The second kappa shape index (κ2) is 4.53. The van der Waals surface area contributed by atoms with Crippen LogP contribution in [0.15, 0.2) is 16.7 Å². The van der Waals surface area contributed by atoms with Crippen LogP contribution < -0.4 is 5.32 Å². The maximum absolute atomic E-state index is 10.7. The number of aromatic carboxylic acids is 1. The first-order chi connectivity index (χ1) is 8.03. The maximum Gasteiger partial charge on any atom is 0.338 e. The average Bonchev–Trinajstić information content (AvgIpc) is 2.89. The van der Waals surface area contributed by atoms with Crippen LogP contribution in [0.1, 0.15) is 42.8 Å². The highest BCUT2D eigenvalue weighted by molar-refractivity contribution is 5.87. The van der Waals surface area contributed by atoms with E-state index in [9.17, 15) is 4.79 Å². The van der Waals surface area contributed by atoms with Crippen molar-refractivity contribution in [3.63, 3.8) is 0 Å². The first kappa shape index (κ1) is 12.2. The van der Waals surface area contributed by atoms with Crippen molar-refractivity contribution in [3.05, 3.63) is 23.7 Å². The third-order valence-corrected chi connectivity index (χ3v) is 3.79. The second-order valence-corrected chi connectivity index (χ2v) is 5.23. The van der Waals surface area contributed by atoms with Crippen LogP contribution in [0.3, 0.4) is 0 Å². The Balaban J connectivity index is 1.80. The Morgan fingerprint density at radius 2 is 2.29 bits per heavy atom. The van der Waals surface area contributed by atoms with E-state index in [4.69, 9.17) is 9.52 Å². The third-order valence-electron chi connectivity index (χ3n) is 3.79. The van der Waals surface area contributed by atoms with E-state index in [1.54, 1.807) is 6.07 Å². The molecule has 0 unspecified atom stereocenters. The van der Waals surface area contributed by atoms with Gasteiger partial charge in [0.25, 0.3) is 0 Å². The molecule has 1 aliphatic rings. The topological polar surface area (TPSA) is 62.5 Å². The average molecular weight is 237 g/mol. The Bertz CT molecular complexity index is 405. The molecule has 1 fully saturated rings. The lowest BCUT2D eigenvalue weighted by Gasteiger charge is -2.19. The van der Waals surface area contributed by atoms with E-state index in [-0.39, 0.29) is 5.56 Å². The Kier molecular flexibility index (Phi) is 3.24. The van der Waals surface area contributed by atoms with Crippen molar-refractivity contribution in [1.82, 2.24) is 5.32 Å². The van der Waals surface area contributed by atoms with Crippen LogP contribution in [0.4, 0.5) is 0 Å². The molecule has 1 aromatic heterocycles. The number of hydrogen-bond donors (Lipinski definition) is 2. The Morgan fingerprint density at radius 1 is 1.59 bits per heavy atom. The lowest BCUT2D eigenvalue weighted by molar-refractivity contribution is 0.0696. The van der Waals surface area contributed by atoms with E-state index in [1.807, 2.05) is 0 Å². The summed E-state index contributed by atoms with van der Waals surface area (Å²) in [6.07, 6.45) is 3.86. The number of hydrogen-bond acceptors (Lipinski definition) is 3. The fourth-order valence-electron chi connectivity index (χ4n) is 2.14. The zero-order valence-electron chi connectivity index (χ0n) is 10.3. The van der Waals surface area contributed by atoms with Gasteiger partial charge in [-0.15, -0.1) is 0 Å². The van der Waals surface area contributed by atoms with Gasteiger partial charge in [0.2, 0.25) is 0 Å². The molecule has 1 saturated carbocycles. The zero-order valence-corrected chi connectivity index (χ0v) is 10.3. The number of carboxylic acid groups (broad SMARTS) is 1. The molecule has 4 nitrogen and oxygen atoms in total. The van der Waals surface area contributed by atoms with Gasteiger partial charge < -0.3 is 14.8 Å². The molecule has 0 aliphatic heterocycles. The number of carbonyl (C=O) groups is 1. The highest BCUT2D eigenvalue weighted by atomic mass is 16.4. The van der Waals surface area contributed by atoms with Crippen molar-refractivity contribution in [1.29, 1.82) is 0 Å². The molecule has 2 rings (SSSR count). The minimum Gasteiger partial charge on any atom is -0.478 e. The zero-order chi connectivity index (χ0) is 12.5. The molecule has 0 bridgehead atoms. The van der Waals surface area contributed by atoms with Crippen molar-refractivity contribution in [2.24, 2.45) is 11.3 Å². The molecule has 17 heavy (non-hydrogen) atoms. The molecule has 0 aromatic carbocycles. The molecule has 0 atom stereocenters. The summed E-state index contributed by atoms with van der Waals surface area (Å²) in [7, 11) is 0. The van der Waals surface area contributed by atoms with Gasteiger partial charge in [0.05, 0.1) is 12.1 Å². The lowest BCUT2D eigenvalue weighted by Crippen LogP contribution is -2.27. The minimum atomic E-state index is -0.944. The summed E-state index contributed by atoms with van der Waals surface area (Å²) in [4.78, 5) is 10.7. The van der Waals surface area contributed by atoms with Crippen molar-refractivity contribution < 1.29 is 14.3 Å². The number of rotatable bonds is 6. The van der Waals surface area contributed by atoms with E-state index in [1.165, 1.54) is 19.1 Å². The van der Waals surface area contributed by atoms with Gasteiger partial charge in [-0.1, -0.05) is 13.8 Å². The van der Waals surface area contributed by atoms with E-state index < -0.39 is 5.97 Å². The molecule has 0 saturated heterocycles. The van der Waals surface area contributed by atoms with Crippen molar-refractivity contribution in [2.45, 2.75) is 33.2 Å². The summed E-state index contributed by atoms with van der Waals surface area (Å²) in [5.74, 6) is 0.434. The Hall–Kier alpha value is -1.29. The van der Waals surface area contributed by atoms with Crippen LogP contribution >= 0.6 is 0 Å². The van der Waals surface area contributed by atoms with Gasteiger partial charge in [-0.25, -0.2) is 4.79 Å². The fourth-order valence-corrected chi connectivity index (χ4v) is 2.14. The van der Waals surface area contributed by atoms with Gasteiger partial charge in [-0.2, -0.15) is 0 Å². The summed E-state index contributed by atoms with van der Waals surface area (Å²) in [5, 5.41) is 12.1. The first-order valence-electron chi connectivity index (χ1n) is 6.05. The van der Waals surface area contributed by atoms with Crippen LogP contribution in [-0.4, -0.2) is 17.6 Å². The van der Waals surface area contributed by atoms with E-state index in [0.717, 1.165) is 6.54 Å². The highest BCUT2D eigenvalue weighted by Crippen LogP contribution is 2.51. The minimum absolute atomic E-state index is 0.215. The summed E-state index contributed by atoms with van der Waals surface area (Å²) in [6.45, 7) is 6.09. The molecule has 1 aromatic rings. The largest absolute Gasteiger partial charge is 0.478 e. The Labute approximate surface area is 101 Å². The molecular weight excluding hydrogens is 218 g/mol. The molecule has 1 aliphatic carbocycles. The van der Waals surface area contributed by atoms with Gasteiger partial charge in [-0.05, 0) is 30.2 Å². The van der Waals surface area contributed by atoms with Crippen LogP contribution in [-0.2, 0) is 6.54 Å². The molecule has 0 spiro atoms. The van der Waals surface area contributed by atoms with E-state index in [0.29, 0.717) is 23.6 Å². The molecule has 1 heterocycles. The summed E-state index contributed by atoms with van der Waals surface area (Å²) in [5.41, 5.74) is 0.675. The Morgan fingerprint density at radius 3 is 2.76 bits per heavy atom. The predicted octanol–water partition coefficient (Wildman–Crippen LogP) is 2.50. The van der Waals surface area contributed by atoms with Gasteiger partial charge in [0.15, 0.2) is 0 Å². The smallest absolute Gasteiger partial charge is 0.338 e. The highest BCUT2D eigenvalue weighted by Gasteiger charge is 2.44. The molecule has 0 radical (unpaired) electrons. The maximum atomic E-state index is 10.7. The van der Waals surface area contributed by atoms with E-state index in [2.05, 4.69) is 19.2 Å². The van der Waals surface area contributed by atoms with Gasteiger partial charge >= 0.3 is 5.97 Å². The summed E-state index contributed by atoms with van der Waals surface area (Å²) >= 11 is 0. The molecule has 94 valence electrons. The van der Waals surface area contributed by atoms with Crippen molar-refractivity contribution in [3.8, 4) is 0 Å². The molecular formula is C13H19NO3. The monoisotopic (exact) mass is 237 g/mol. The third kappa shape index (κ3) is 2.69. The molecule has 2 N–H and O–H groups in total. The van der Waals surface area contributed by atoms with Crippen LogP contribution in [0, 0.1) is 11.3 Å². The quantitative estimate of drug-likeness (QED) is 0.798. The SMILES string of the molecule is CC(C)C1(CNCc2cc(C(=O)O)co2)CC1. The van der Waals surface area contributed by atoms with Crippen molar-refractivity contribution >= 4 is 5.97 Å². The number of furan rings is 1. The van der Waals surface area contributed by atoms with Gasteiger partial charge in [0.1, 0.15) is 12.0 Å². The van der Waals surface area contributed by atoms with Gasteiger partial charge in [-0.3, -0.25) is 0 Å². The molecule has 4 heteroatoms. The molecule has 0 amide bonds. The fraction of sp³-hybridized carbons (Fsp3) is 0.615. The van der Waals surface area contributed by atoms with Gasteiger partial charge in [0, 0.05) is 6.54 Å². The first-order valence-corrected chi connectivity index (χ1v) is 6.05. The predicted molar refractivity (Wildman–Crippen MR) is 63.9 cm³/mol. The summed E-state index contributed by atoms with van der Waals surface area (Å²) in [6, 6.07) is 1.57. The van der Waals surface area contributed by atoms with Crippen LogP contribution in [0.25, 0.3) is 0 Å².